The van der Waals surface area contributed by atoms with Crippen molar-refractivity contribution in [3.8, 4) is 0 Å². The summed E-state index contributed by atoms with van der Waals surface area (Å²) in [5, 5.41) is 3.23. The van der Waals surface area contributed by atoms with E-state index < -0.39 is 0 Å². The van der Waals surface area contributed by atoms with Gasteiger partial charge in [-0.25, -0.2) is 4.79 Å². The number of hydrogen-bond donors (Lipinski definition) is 1. The molecule has 3 heteroatoms. The van der Waals surface area contributed by atoms with Gasteiger partial charge in [-0.1, -0.05) is 13.5 Å². The summed E-state index contributed by atoms with van der Waals surface area (Å²) in [6.07, 6.45) is 0.840. The largest absolute Gasteiger partial charge is 0.462 e. The maximum Gasteiger partial charge on any atom is 0.333 e. The van der Waals surface area contributed by atoms with Crippen LogP contribution in [0.15, 0.2) is 12.2 Å². The van der Waals surface area contributed by atoms with Crippen LogP contribution in [0.3, 0.4) is 0 Å². The lowest BCUT2D eigenvalue weighted by atomic mass is 10.2. The highest BCUT2D eigenvalue weighted by Crippen LogP contribution is 1.96. The van der Waals surface area contributed by atoms with Crippen LogP contribution in [-0.2, 0) is 9.53 Å². The quantitative estimate of drug-likeness (QED) is 0.503. The number of esters is 1. The van der Waals surface area contributed by atoms with Gasteiger partial charge in [-0.3, -0.25) is 0 Å². The molecule has 1 unspecified atom stereocenters. The van der Waals surface area contributed by atoms with Gasteiger partial charge < -0.3 is 10.1 Å². The molecule has 0 saturated heterocycles. The Morgan fingerprint density at radius 3 is 2.69 bits per heavy atom. The molecular formula is C10H19NO2. The molecule has 76 valence electrons. The van der Waals surface area contributed by atoms with Crippen molar-refractivity contribution in [3.05, 3.63) is 12.2 Å². The van der Waals surface area contributed by atoms with Gasteiger partial charge in [0.05, 0.1) is 6.61 Å². The minimum atomic E-state index is -0.302. The minimum Gasteiger partial charge on any atom is -0.462 e. The summed E-state index contributed by atoms with van der Waals surface area (Å²) in [6.45, 7) is 10.7. The van der Waals surface area contributed by atoms with Crippen LogP contribution < -0.4 is 5.32 Å². The molecule has 0 rings (SSSR count). The molecule has 0 saturated carbocycles. The molecule has 0 fully saturated rings. The molecule has 1 atom stereocenters. The van der Waals surface area contributed by atoms with Gasteiger partial charge in [0.2, 0.25) is 0 Å². The molecule has 3 nitrogen and oxygen atoms in total. The number of hydrogen-bond acceptors (Lipinski definition) is 3. The van der Waals surface area contributed by atoms with E-state index in [1.807, 2.05) is 0 Å². The van der Waals surface area contributed by atoms with Crippen LogP contribution >= 0.6 is 0 Å². The number of ether oxygens (including phenoxy) is 1. The Kier molecular flexibility index (Phi) is 6.24. The van der Waals surface area contributed by atoms with E-state index in [0.29, 0.717) is 18.2 Å². The van der Waals surface area contributed by atoms with Crippen LogP contribution in [0.4, 0.5) is 0 Å². The monoisotopic (exact) mass is 185 g/mol. The Morgan fingerprint density at radius 2 is 2.23 bits per heavy atom. The van der Waals surface area contributed by atoms with Gasteiger partial charge in [0.25, 0.3) is 0 Å². The molecule has 1 N–H and O–H groups in total. The summed E-state index contributed by atoms with van der Waals surface area (Å²) in [5.41, 5.74) is 0.455. The van der Waals surface area contributed by atoms with E-state index in [1.54, 1.807) is 6.92 Å². The van der Waals surface area contributed by atoms with Crippen LogP contribution in [0.1, 0.15) is 27.2 Å². The lowest BCUT2D eigenvalue weighted by Crippen LogP contribution is -2.27. The molecule has 0 bridgehead atoms. The maximum absolute atomic E-state index is 10.9. The van der Waals surface area contributed by atoms with Crippen LogP contribution in [-0.4, -0.2) is 25.2 Å². The summed E-state index contributed by atoms with van der Waals surface area (Å²) < 4.78 is 4.94. The average molecular weight is 185 g/mol. The smallest absolute Gasteiger partial charge is 0.333 e. The fourth-order valence-corrected chi connectivity index (χ4v) is 0.902. The molecule has 0 aliphatic rings. The Bertz CT molecular complexity index is 178. The van der Waals surface area contributed by atoms with Crippen molar-refractivity contribution in [1.29, 1.82) is 0 Å². The molecule has 0 amide bonds. The zero-order chi connectivity index (χ0) is 10.3. The fraction of sp³-hybridized carbons (Fsp3) is 0.700. The van der Waals surface area contributed by atoms with Crippen molar-refractivity contribution < 1.29 is 9.53 Å². The van der Waals surface area contributed by atoms with Crippen LogP contribution in [0.25, 0.3) is 0 Å². The number of carbonyl (C=O) groups excluding carboxylic acids is 1. The lowest BCUT2D eigenvalue weighted by Gasteiger charge is -2.11. The third kappa shape index (κ3) is 6.34. The summed E-state index contributed by atoms with van der Waals surface area (Å²) in [6, 6.07) is 0.392. The lowest BCUT2D eigenvalue weighted by molar-refractivity contribution is -0.139. The first-order valence-corrected chi connectivity index (χ1v) is 4.64. The Balaban J connectivity index is 3.44. The second kappa shape index (κ2) is 6.66. The predicted molar refractivity (Wildman–Crippen MR) is 53.5 cm³/mol. The summed E-state index contributed by atoms with van der Waals surface area (Å²) in [5.74, 6) is -0.302. The van der Waals surface area contributed by atoms with Crippen molar-refractivity contribution in [2.75, 3.05) is 13.2 Å². The Labute approximate surface area is 80.2 Å². The van der Waals surface area contributed by atoms with Crippen molar-refractivity contribution in [2.24, 2.45) is 0 Å². The van der Waals surface area contributed by atoms with E-state index in [0.717, 1.165) is 13.0 Å². The number of nitrogens with one attached hydrogen (secondary N) is 1. The van der Waals surface area contributed by atoms with Gasteiger partial charge in [0.15, 0.2) is 0 Å². The first kappa shape index (κ1) is 12.2. The summed E-state index contributed by atoms with van der Waals surface area (Å²) >= 11 is 0. The molecule has 0 aromatic heterocycles. The van der Waals surface area contributed by atoms with Crippen molar-refractivity contribution in [2.45, 2.75) is 33.2 Å². The van der Waals surface area contributed by atoms with Crippen LogP contribution in [0.2, 0.25) is 0 Å². The minimum absolute atomic E-state index is 0.302. The second-order valence-corrected chi connectivity index (χ2v) is 3.16. The van der Waals surface area contributed by atoms with E-state index in [4.69, 9.17) is 4.74 Å². The van der Waals surface area contributed by atoms with Crippen LogP contribution in [0.5, 0.6) is 0 Å². The summed E-state index contributed by atoms with van der Waals surface area (Å²) in [7, 11) is 0. The van der Waals surface area contributed by atoms with Gasteiger partial charge in [-0.15, -0.1) is 0 Å². The van der Waals surface area contributed by atoms with Crippen molar-refractivity contribution >= 4 is 5.97 Å². The fourth-order valence-electron chi connectivity index (χ4n) is 0.902. The van der Waals surface area contributed by atoms with E-state index in [9.17, 15) is 4.79 Å². The molecule has 0 aliphatic heterocycles. The average Bonchev–Trinajstić information content (AvgIpc) is 2.04. The maximum atomic E-state index is 10.9. The zero-order valence-corrected chi connectivity index (χ0v) is 8.72. The molecule has 13 heavy (non-hydrogen) atoms. The van der Waals surface area contributed by atoms with Crippen molar-refractivity contribution in [3.63, 3.8) is 0 Å². The molecular weight excluding hydrogens is 166 g/mol. The second-order valence-electron chi connectivity index (χ2n) is 3.16. The van der Waals surface area contributed by atoms with Gasteiger partial charge in [0, 0.05) is 11.6 Å². The van der Waals surface area contributed by atoms with E-state index in [1.165, 1.54) is 0 Å². The van der Waals surface area contributed by atoms with Gasteiger partial charge in [-0.2, -0.15) is 0 Å². The van der Waals surface area contributed by atoms with Gasteiger partial charge in [0.1, 0.15) is 0 Å². The molecule has 0 heterocycles. The Hall–Kier alpha value is -0.830. The first-order chi connectivity index (χ1) is 6.07. The van der Waals surface area contributed by atoms with Crippen molar-refractivity contribution in [1.82, 2.24) is 5.32 Å². The van der Waals surface area contributed by atoms with Crippen LogP contribution in [0, 0.1) is 0 Å². The normalized spacial score (nSPS) is 12.2. The SMILES string of the molecule is C=C(C)C(=O)OCCC(C)NCC. The highest BCUT2D eigenvalue weighted by Gasteiger charge is 2.04. The Morgan fingerprint density at radius 1 is 1.62 bits per heavy atom. The van der Waals surface area contributed by atoms with E-state index >= 15 is 0 Å². The molecule has 0 radical (unpaired) electrons. The highest BCUT2D eigenvalue weighted by molar-refractivity contribution is 5.86. The molecule has 0 aromatic rings. The number of carbonyl (C=O) groups is 1. The van der Waals surface area contributed by atoms with Gasteiger partial charge >= 0.3 is 5.97 Å². The molecule has 0 spiro atoms. The topological polar surface area (TPSA) is 38.3 Å². The number of rotatable bonds is 6. The molecule has 0 aromatic carbocycles. The van der Waals surface area contributed by atoms with E-state index in [-0.39, 0.29) is 5.97 Å². The standard InChI is InChI=1S/C10H19NO2/c1-5-11-9(4)6-7-13-10(12)8(2)3/h9,11H,2,5-7H2,1,3-4H3. The van der Waals surface area contributed by atoms with E-state index in [2.05, 4.69) is 25.7 Å². The third-order valence-electron chi connectivity index (χ3n) is 1.69. The highest BCUT2D eigenvalue weighted by atomic mass is 16.5. The first-order valence-electron chi connectivity index (χ1n) is 4.64. The zero-order valence-electron chi connectivity index (χ0n) is 8.72. The third-order valence-corrected chi connectivity index (χ3v) is 1.69. The summed E-state index contributed by atoms with van der Waals surface area (Å²) in [4.78, 5) is 10.9. The van der Waals surface area contributed by atoms with Gasteiger partial charge in [-0.05, 0) is 26.8 Å². The molecule has 0 aliphatic carbocycles. The predicted octanol–water partition coefficient (Wildman–Crippen LogP) is 1.49.